The number of aliphatic carboxylic acids is 1. The number of benzene rings is 1. The van der Waals surface area contributed by atoms with E-state index in [1.807, 2.05) is 24.3 Å². The van der Waals surface area contributed by atoms with Crippen LogP contribution >= 0.6 is 0 Å². The van der Waals surface area contributed by atoms with Crippen LogP contribution in [0.5, 0.6) is 11.5 Å². The molecule has 7 heteroatoms. The number of hydrogen-bond donors (Lipinski definition) is 1. The number of carboxylic acids is 1. The summed E-state index contributed by atoms with van der Waals surface area (Å²) in [5.74, 6) is 0.848. The molecule has 0 saturated carbocycles. The van der Waals surface area contributed by atoms with E-state index in [-0.39, 0.29) is 12.6 Å². The van der Waals surface area contributed by atoms with Crippen LogP contribution in [0.15, 0.2) is 24.3 Å². The van der Waals surface area contributed by atoms with Gasteiger partial charge in [-0.3, -0.25) is 14.6 Å². The minimum atomic E-state index is -0.814. The summed E-state index contributed by atoms with van der Waals surface area (Å²) >= 11 is 0. The van der Waals surface area contributed by atoms with Crippen LogP contribution in [0.25, 0.3) is 0 Å². The van der Waals surface area contributed by atoms with Crippen molar-refractivity contribution in [2.24, 2.45) is 0 Å². The van der Waals surface area contributed by atoms with Crippen molar-refractivity contribution in [1.82, 2.24) is 9.80 Å². The van der Waals surface area contributed by atoms with Crippen LogP contribution in [-0.4, -0.2) is 87.1 Å². The van der Waals surface area contributed by atoms with Crippen molar-refractivity contribution in [2.75, 3.05) is 60.1 Å². The zero-order chi connectivity index (χ0) is 18.1. The van der Waals surface area contributed by atoms with E-state index in [4.69, 9.17) is 19.3 Å². The number of morpholine rings is 1. The van der Waals surface area contributed by atoms with Crippen molar-refractivity contribution in [2.45, 2.75) is 12.5 Å². The lowest BCUT2D eigenvalue weighted by atomic mass is 10.2. The molecule has 0 aliphatic carbocycles. The Bertz CT molecular complexity index is 523. The van der Waals surface area contributed by atoms with Gasteiger partial charge in [-0.25, -0.2) is 0 Å². The third kappa shape index (κ3) is 7.29. The summed E-state index contributed by atoms with van der Waals surface area (Å²) in [5, 5.41) is 8.82. The van der Waals surface area contributed by atoms with Crippen molar-refractivity contribution in [1.29, 1.82) is 0 Å². The van der Waals surface area contributed by atoms with Crippen molar-refractivity contribution in [3.05, 3.63) is 24.3 Å². The van der Waals surface area contributed by atoms with E-state index in [2.05, 4.69) is 4.90 Å². The molecular formula is C18H28N2O5. The Kier molecular flexibility index (Phi) is 7.97. The van der Waals surface area contributed by atoms with Crippen molar-refractivity contribution < 1.29 is 24.1 Å². The average molecular weight is 352 g/mol. The SMILES string of the molecule is COc1ccc(OCCCN2CCOC(CN(C)CC(=O)O)C2)cc1. The number of nitrogens with zero attached hydrogens (tertiary/aromatic N) is 2. The molecule has 25 heavy (non-hydrogen) atoms. The molecule has 0 amide bonds. The molecule has 1 heterocycles. The van der Waals surface area contributed by atoms with Gasteiger partial charge < -0.3 is 19.3 Å². The first kappa shape index (κ1) is 19.5. The van der Waals surface area contributed by atoms with Gasteiger partial charge in [-0.15, -0.1) is 0 Å². The molecule has 1 aliphatic rings. The van der Waals surface area contributed by atoms with Gasteiger partial charge in [-0.05, 0) is 37.7 Å². The molecular weight excluding hydrogens is 324 g/mol. The van der Waals surface area contributed by atoms with Gasteiger partial charge in [-0.1, -0.05) is 0 Å². The predicted molar refractivity (Wildman–Crippen MR) is 94.4 cm³/mol. The van der Waals surface area contributed by atoms with Crippen LogP contribution in [-0.2, 0) is 9.53 Å². The molecule has 1 aliphatic heterocycles. The third-order valence-electron chi connectivity index (χ3n) is 4.09. The minimum absolute atomic E-state index is 0.0373. The second-order valence-electron chi connectivity index (χ2n) is 6.26. The van der Waals surface area contributed by atoms with Gasteiger partial charge in [0, 0.05) is 26.2 Å². The van der Waals surface area contributed by atoms with Gasteiger partial charge in [0.25, 0.3) is 0 Å². The molecule has 2 rings (SSSR count). The van der Waals surface area contributed by atoms with Gasteiger partial charge >= 0.3 is 5.97 Å². The number of rotatable bonds is 10. The number of carbonyl (C=O) groups is 1. The Balaban J connectivity index is 1.63. The first-order valence-corrected chi connectivity index (χ1v) is 8.58. The third-order valence-corrected chi connectivity index (χ3v) is 4.09. The minimum Gasteiger partial charge on any atom is -0.497 e. The Labute approximate surface area is 149 Å². The van der Waals surface area contributed by atoms with Crippen LogP contribution in [0.3, 0.4) is 0 Å². The maximum atomic E-state index is 10.7. The molecule has 1 atom stereocenters. The van der Waals surface area contributed by atoms with Crippen molar-refractivity contribution in [3.8, 4) is 11.5 Å². The Morgan fingerprint density at radius 2 is 2.08 bits per heavy atom. The summed E-state index contributed by atoms with van der Waals surface area (Å²) in [7, 11) is 3.45. The topological polar surface area (TPSA) is 71.5 Å². The first-order valence-electron chi connectivity index (χ1n) is 8.58. The van der Waals surface area contributed by atoms with Crippen LogP contribution in [0.4, 0.5) is 0 Å². The van der Waals surface area contributed by atoms with Gasteiger partial charge in [0.05, 0.1) is 33.0 Å². The summed E-state index contributed by atoms with van der Waals surface area (Å²) in [6, 6.07) is 7.58. The molecule has 1 saturated heterocycles. The second-order valence-corrected chi connectivity index (χ2v) is 6.26. The highest BCUT2D eigenvalue weighted by Crippen LogP contribution is 2.17. The number of carboxylic acid groups (broad SMARTS) is 1. The zero-order valence-corrected chi connectivity index (χ0v) is 15.0. The first-order chi connectivity index (χ1) is 12.1. The zero-order valence-electron chi connectivity index (χ0n) is 15.0. The van der Waals surface area contributed by atoms with Crippen LogP contribution in [0.1, 0.15) is 6.42 Å². The van der Waals surface area contributed by atoms with Crippen LogP contribution in [0.2, 0.25) is 0 Å². The highest BCUT2D eigenvalue weighted by molar-refractivity contribution is 5.69. The molecule has 140 valence electrons. The fourth-order valence-corrected chi connectivity index (χ4v) is 2.89. The quantitative estimate of drug-likeness (QED) is 0.634. The maximum Gasteiger partial charge on any atom is 0.317 e. The number of methoxy groups -OCH3 is 1. The standard InChI is InChI=1S/C18H28N2O5/c1-19(14-18(21)22)12-17-13-20(9-11-25-17)8-3-10-24-16-6-4-15(23-2)5-7-16/h4-7,17H,3,8-14H2,1-2H3,(H,21,22). The van der Waals surface area contributed by atoms with E-state index in [1.54, 1.807) is 19.1 Å². The number of likely N-dealkylation sites (N-methyl/N-ethyl adjacent to an activating group) is 1. The molecule has 1 aromatic rings. The number of ether oxygens (including phenoxy) is 3. The Hall–Kier alpha value is -1.83. The van der Waals surface area contributed by atoms with Crippen LogP contribution in [0, 0.1) is 0 Å². The van der Waals surface area contributed by atoms with Gasteiger partial charge in [0.1, 0.15) is 11.5 Å². The second kappa shape index (κ2) is 10.2. The van der Waals surface area contributed by atoms with E-state index in [9.17, 15) is 4.79 Å². The van der Waals surface area contributed by atoms with E-state index >= 15 is 0 Å². The highest BCUT2D eigenvalue weighted by Gasteiger charge is 2.22. The molecule has 1 N–H and O–H groups in total. The average Bonchev–Trinajstić information content (AvgIpc) is 2.59. The van der Waals surface area contributed by atoms with Gasteiger partial charge in [-0.2, -0.15) is 0 Å². The van der Waals surface area contributed by atoms with E-state index in [0.29, 0.717) is 19.8 Å². The highest BCUT2D eigenvalue weighted by atomic mass is 16.5. The normalized spacial score (nSPS) is 18.3. The Morgan fingerprint density at radius 1 is 1.36 bits per heavy atom. The smallest absolute Gasteiger partial charge is 0.317 e. The molecule has 7 nitrogen and oxygen atoms in total. The van der Waals surface area contributed by atoms with Gasteiger partial charge in [0.2, 0.25) is 0 Å². The summed E-state index contributed by atoms with van der Waals surface area (Å²) in [6.45, 7) is 4.69. The molecule has 1 fully saturated rings. The molecule has 0 spiro atoms. The summed E-state index contributed by atoms with van der Waals surface area (Å²) in [4.78, 5) is 14.9. The fraction of sp³-hybridized carbons (Fsp3) is 0.611. The van der Waals surface area contributed by atoms with E-state index in [1.165, 1.54) is 0 Å². The largest absolute Gasteiger partial charge is 0.497 e. The lowest BCUT2D eigenvalue weighted by Crippen LogP contribution is -2.47. The molecule has 0 bridgehead atoms. The van der Waals surface area contributed by atoms with E-state index < -0.39 is 5.97 Å². The van der Waals surface area contributed by atoms with E-state index in [0.717, 1.165) is 37.6 Å². The molecule has 0 aromatic heterocycles. The van der Waals surface area contributed by atoms with Gasteiger partial charge in [0.15, 0.2) is 0 Å². The number of hydrogen-bond acceptors (Lipinski definition) is 6. The maximum absolute atomic E-state index is 10.7. The molecule has 0 radical (unpaired) electrons. The molecule has 1 aromatic carbocycles. The lowest BCUT2D eigenvalue weighted by molar-refractivity contribution is -0.138. The summed E-state index contributed by atoms with van der Waals surface area (Å²) in [6.07, 6.45) is 0.990. The van der Waals surface area contributed by atoms with Crippen LogP contribution < -0.4 is 9.47 Å². The monoisotopic (exact) mass is 352 g/mol. The lowest BCUT2D eigenvalue weighted by Gasteiger charge is -2.34. The van der Waals surface area contributed by atoms with Crippen molar-refractivity contribution >= 4 is 5.97 Å². The predicted octanol–water partition coefficient (Wildman–Crippen LogP) is 1.18. The van der Waals surface area contributed by atoms with Crippen molar-refractivity contribution in [3.63, 3.8) is 0 Å². The Morgan fingerprint density at radius 3 is 2.76 bits per heavy atom. The molecule has 1 unspecified atom stereocenters. The summed E-state index contributed by atoms with van der Waals surface area (Å²) < 4.78 is 16.6. The summed E-state index contributed by atoms with van der Waals surface area (Å²) in [5.41, 5.74) is 0. The fourth-order valence-electron chi connectivity index (χ4n) is 2.89.